The van der Waals surface area contributed by atoms with E-state index in [-0.39, 0.29) is 0 Å². The number of anilines is 3. The third-order valence-corrected chi connectivity index (χ3v) is 14.9. The number of hydrogen-bond donors (Lipinski definition) is 0. The molecule has 0 bridgehead atoms. The summed E-state index contributed by atoms with van der Waals surface area (Å²) < 4.78 is 12.0. The maximum Gasteiger partial charge on any atom is 0.143 e. The molecule has 0 N–H and O–H groups in total. The van der Waals surface area contributed by atoms with Gasteiger partial charge in [0.1, 0.15) is 11.2 Å². The van der Waals surface area contributed by atoms with Gasteiger partial charge in [-0.3, -0.25) is 0 Å². The summed E-state index contributed by atoms with van der Waals surface area (Å²) in [6.07, 6.45) is 0. The fourth-order valence-electron chi connectivity index (χ4n) is 10.6. The topological polar surface area (TPSA) is 21.3 Å². The fourth-order valence-corrected chi connectivity index (χ4v) is 11.7. The Morgan fingerprint density at radius 1 is 0.338 bits per heavy atom. The van der Waals surface area contributed by atoms with E-state index in [0.29, 0.717) is 0 Å². The molecule has 318 valence electrons. The Hall–Kier alpha value is -8.70. The second kappa shape index (κ2) is 15.5. The second-order valence-corrected chi connectivity index (χ2v) is 18.7. The standard InChI is InChI=1S/C64H40N2OS/c1-2-15-43-36-45(29-28-41(43)14-1)44-16-13-17-48(37-44)65(47-33-30-42(31-34-47)46-32-35-63-55(38-46)54-22-7-12-27-62(54)68-63)49-39-56(64-57(40-49)53-21-6-11-26-61(53)67-64)52-20-5-10-25-60(52)66-58-23-8-3-18-50(58)51-19-4-9-24-59(51)66/h1-40H. The van der Waals surface area contributed by atoms with E-state index in [1.54, 1.807) is 0 Å². The van der Waals surface area contributed by atoms with Gasteiger partial charge < -0.3 is 13.9 Å². The quantitative estimate of drug-likeness (QED) is 0.159. The molecular weight excluding hydrogens is 845 g/mol. The van der Waals surface area contributed by atoms with Crippen molar-refractivity contribution in [1.82, 2.24) is 4.57 Å². The van der Waals surface area contributed by atoms with Crippen LogP contribution in [0.2, 0.25) is 0 Å². The average molecular weight is 885 g/mol. The Morgan fingerprint density at radius 3 is 1.81 bits per heavy atom. The van der Waals surface area contributed by atoms with E-state index in [2.05, 4.69) is 252 Å². The highest BCUT2D eigenvalue weighted by Gasteiger charge is 2.23. The van der Waals surface area contributed by atoms with Gasteiger partial charge >= 0.3 is 0 Å². The van der Waals surface area contributed by atoms with Crippen LogP contribution in [0.25, 0.3) is 114 Å². The Balaban J connectivity index is 0.993. The molecule has 0 saturated heterocycles. The van der Waals surface area contributed by atoms with Crippen molar-refractivity contribution < 1.29 is 4.42 Å². The van der Waals surface area contributed by atoms with Crippen molar-refractivity contribution in [3.8, 4) is 39.1 Å². The van der Waals surface area contributed by atoms with Crippen molar-refractivity contribution >= 4 is 103 Å². The normalized spacial score (nSPS) is 11.8. The molecule has 0 aliphatic carbocycles. The molecule has 11 aromatic carbocycles. The van der Waals surface area contributed by atoms with E-state index in [9.17, 15) is 0 Å². The number of thiophene rings is 1. The maximum atomic E-state index is 6.93. The molecule has 0 radical (unpaired) electrons. The Kier molecular flexibility index (Phi) is 8.76. The number of rotatable bonds is 7. The highest BCUT2D eigenvalue weighted by atomic mass is 32.1. The zero-order valence-corrected chi connectivity index (χ0v) is 37.6. The second-order valence-electron chi connectivity index (χ2n) is 17.7. The van der Waals surface area contributed by atoms with E-state index in [0.717, 1.165) is 72.4 Å². The molecular formula is C64H40N2OS. The lowest BCUT2D eigenvalue weighted by Crippen LogP contribution is -2.10. The SMILES string of the molecule is c1cc(-c2ccc3ccccc3c2)cc(N(c2ccc(-c3ccc4sc5ccccc5c4c3)cc2)c2cc(-c3ccccc3-n3c4ccccc4c4ccccc43)c3oc4ccccc4c3c2)c1. The molecule has 4 heteroatoms. The molecule has 3 heterocycles. The van der Waals surface area contributed by atoms with Crippen molar-refractivity contribution in [2.75, 3.05) is 4.90 Å². The van der Waals surface area contributed by atoms with Gasteiger partial charge in [0, 0.05) is 69.9 Å². The number of fused-ring (bicyclic) bond motifs is 10. The molecule has 0 aliphatic rings. The van der Waals surface area contributed by atoms with Crippen LogP contribution in [0.5, 0.6) is 0 Å². The van der Waals surface area contributed by atoms with Crippen molar-refractivity contribution in [1.29, 1.82) is 0 Å². The molecule has 0 amide bonds. The minimum Gasteiger partial charge on any atom is -0.455 e. The molecule has 0 aliphatic heterocycles. The van der Waals surface area contributed by atoms with E-state index in [1.807, 2.05) is 11.3 Å². The van der Waals surface area contributed by atoms with Gasteiger partial charge in [0.15, 0.2) is 0 Å². The van der Waals surface area contributed by atoms with E-state index >= 15 is 0 Å². The maximum absolute atomic E-state index is 6.93. The minimum absolute atomic E-state index is 0.861. The number of furan rings is 1. The smallest absolute Gasteiger partial charge is 0.143 e. The van der Waals surface area contributed by atoms with Gasteiger partial charge in [0.25, 0.3) is 0 Å². The molecule has 0 unspecified atom stereocenters. The molecule has 68 heavy (non-hydrogen) atoms. The van der Waals surface area contributed by atoms with Crippen LogP contribution in [-0.4, -0.2) is 4.57 Å². The van der Waals surface area contributed by atoms with Crippen LogP contribution in [0.1, 0.15) is 0 Å². The van der Waals surface area contributed by atoms with Crippen LogP contribution in [0.15, 0.2) is 247 Å². The Morgan fingerprint density at radius 2 is 0.971 bits per heavy atom. The monoisotopic (exact) mass is 884 g/mol. The highest BCUT2D eigenvalue weighted by molar-refractivity contribution is 7.25. The number of hydrogen-bond acceptors (Lipinski definition) is 3. The number of nitrogens with zero attached hydrogens (tertiary/aromatic N) is 2. The first-order valence-corrected chi connectivity index (χ1v) is 24.0. The molecule has 0 fully saturated rings. The minimum atomic E-state index is 0.861. The number of benzene rings is 11. The fraction of sp³-hybridized carbons (Fsp3) is 0. The van der Waals surface area contributed by atoms with Crippen molar-refractivity contribution in [2.45, 2.75) is 0 Å². The third kappa shape index (κ3) is 6.19. The summed E-state index contributed by atoms with van der Waals surface area (Å²) >= 11 is 1.85. The third-order valence-electron chi connectivity index (χ3n) is 13.8. The molecule has 3 aromatic heterocycles. The first-order chi connectivity index (χ1) is 33.7. The van der Waals surface area contributed by atoms with Gasteiger partial charge in [-0.15, -0.1) is 11.3 Å². The summed E-state index contributed by atoms with van der Waals surface area (Å²) in [4.78, 5) is 2.41. The molecule has 0 saturated carbocycles. The Bertz CT molecular complexity index is 4230. The molecule has 14 aromatic rings. The van der Waals surface area contributed by atoms with Crippen LogP contribution in [0.3, 0.4) is 0 Å². The van der Waals surface area contributed by atoms with Crippen LogP contribution >= 0.6 is 11.3 Å². The van der Waals surface area contributed by atoms with Crippen LogP contribution < -0.4 is 4.90 Å². The summed E-state index contributed by atoms with van der Waals surface area (Å²) in [5.74, 6) is 0. The van der Waals surface area contributed by atoms with Crippen molar-refractivity contribution in [2.24, 2.45) is 0 Å². The Labute approximate surface area is 396 Å². The zero-order chi connectivity index (χ0) is 44.7. The largest absolute Gasteiger partial charge is 0.455 e. The molecule has 3 nitrogen and oxygen atoms in total. The predicted octanol–water partition coefficient (Wildman–Crippen LogP) is 18.7. The van der Waals surface area contributed by atoms with E-state index in [4.69, 9.17) is 4.42 Å². The molecule has 14 rings (SSSR count). The van der Waals surface area contributed by atoms with E-state index < -0.39 is 0 Å². The van der Waals surface area contributed by atoms with Crippen LogP contribution in [0, 0.1) is 0 Å². The van der Waals surface area contributed by atoms with Gasteiger partial charge in [0.2, 0.25) is 0 Å². The highest BCUT2D eigenvalue weighted by Crippen LogP contribution is 2.47. The van der Waals surface area contributed by atoms with Crippen molar-refractivity contribution in [3.05, 3.63) is 243 Å². The lowest BCUT2D eigenvalue weighted by atomic mass is 9.97. The predicted molar refractivity (Wildman–Crippen MR) is 289 cm³/mol. The van der Waals surface area contributed by atoms with Crippen LogP contribution in [-0.2, 0) is 0 Å². The van der Waals surface area contributed by atoms with Gasteiger partial charge in [-0.1, -0.05) is 158 Å². The van der Waals surface area contributed by atoms with Crippen molar-refractivity contribution in [3.63, 3.8) is 0 Å². The first-order valence-electron chi connectivity index (χ1n) is 23.1. The summed E-state index contributed by atoms with van der Waals surface area (Å²) in [6.45, 7) is 0. The lowest BCUT2D eigenvalue weighted by Gasteiger charge is -2.27. The number of para-hydroxylation sites is 4. The number of aromatic nitrogens is 1. The van der Waals surface area contributed by atoms with Gasteiger partial charge in [-0.2, -0.15) is 0 Å². The average Bonchev–Trinajstić information content (AvgIpc) is 4.08. The molecule has 0 atom stereocenters. The summed E-state index contributed by atoms with van der Waals surface area (Å²) in [5.41, 5.74) is 15.1. The lowest BCUT2D eigenvalue weighted by molar-refractivity contribution is 0.670. The summed E-state index contributed by atoms with van der Waals surface area (Å²) in [6, 6.07) is 88.3. The summed E-state index contributed by atoms with van der Waals surface area (Å²) in [7, 11) is 0. The van der Waals surface area contributed by atoms with E-state index in [1.165, 1.54) is 58.4 Å². The van der Waals surface area contributed by atoms with Gasteiger partial charge in [0.05, 0.1) is 16.7 Å². The zero-order valence-electron chi connectivity index (χ0n) is 36.8. The molecule has 0 spiro atoms. The van der Waals surface area contributed by atoms with Gasteiger partial charge in [-0.05, 0) is 118 Å². The first kappa shape index (κ1) is 38.6. The summed E-state index contributed by atoms with van der Waals surface area (Å²) in [5, 5.41) is 9.66. The van der Waals surface area contributed by atoms with Crippen LogP contribution in [0.4, 0.5) is 17.1 Å². The van der Waals surface area contributed by atoms with Gasteiger partial charge in [-0.25, -0.2) is 0 Å².